The van der Waals surface area contributed by atoms with Crippen molar-refractivity contribution in [3.63, 3.8) is 0 Å². The summed E-state index contributed by atoms with van der Waals surface area (Å²) in [5.74, 6) is 0.360. The highest BCUT2D eigenvalue weighted by atomic mass is 16.5. The molecule has 3 rings (SSSR count). The van der Waals surface area contributed by atoms with Crippen LogP contribution in [0.5, 0.6) is 0 Å². The van der Waals surface area contributed by atoms with E-state index in [-0.39, 0.29) is 5.97 Å². The summed E-state index contributed by atoms with van der Waals surface area (Å²) in [6.45, 7) is 9.15. The number of carbonyl (C=O) groups is 1. The van der Waals surface area contributed by atoms with Gasteiger partial charge in [-0.2, -0.15) is 0 Å². The lowest BCUT2D eigenvalue weighted by molar-refractivity contribution is 0.00734. The van der Waals surface area contributed by atoms with Gasteiger partial charge in [-0.1, -0.05) is 12.5 Å². The Labute approximate surface area is 140 Å². The summed E-state index contributed by atoms with van der Waals surface area (Å²) in [4.78, 5) is 15.1. The van der Waals surface area contributed by atoms with Crippen LogP contribution in [-0.2, 0) is 4.74 Å². The number of esters is 1. The molecule has 0 aliphatic carbocycles. The van der Waals surface area contributed by atoms with Crippen LogP contribution >= 0.6 is 0 Å². The maximum atomic E-state index is 12.5. The van der Waals surface area contributed by atoms with E-state index in [4.69, 9.17) is 4.74 Å². The van der Waals surface area contributed by atoms with Crippen molar-refractivity contribution in [1.29, 1.82) is 0 Å². The third-order valence-electron chi connectivity index (χ3n) is 5.72. The lowest BCUT2D eigenvalue weighted by Crippen LogP contribution is -2.49. The molecule has 3 nitrogen and oxygen atoms in total. The van der Waals surface area contributed by atoms with Crippen molar-refractivity contribution >= 4 is 5.97 Å². The zero-order chi connectivity index (χ0) is 16.4. The number of rotatable bonds is 3. The molecule has 1 aromatic carbocycles. The van der Waals surface area contributed by atoms with Gasteiger partial charge in [0.25, 0.3) is 0 Å². The Kier molecular flexibility index (Phi) is 5.05. The molecule has 126 valence electrons. The molecule has 2 atom stereocenters. The van der Waals surface area contributed by atoms with E-state index in [1.807, 2.05) is 19.9 Å². The molecule has 0 radical (unpaired) electrons. The monoisotopic (exact) mass is 315 g/mol. The van der Waals surface area contributed by atoms with Gasteiger partial charge in [0.1, 0.15) is 0 Å². The summed E-state index contributed by atoms with van der Waals surface area (Å²) in [6.07, 6.45) is 6.35. The quantitative estimate of drug-likeness (QED) is 0.789. The van der Waals surface area contributed by atoms with Gasteiger partial charge >= 0.3 is 5.97 Å². The fourth-order valence-corrected chi connectivity index (χ4v) is 4.21. The van der Waals surface area contributed by atoms with Gasteiger partial charge in [0.2, 0.25) is 0 Å². The third-order valence-corrected chi connectivity index (χ3v) is 5.72. The van der Waals surface area contributed by atoms with E-state index in [1.54, 1.807) is 0 Å². The van der Waals surface area contributed by atoms with E-state index >= 15 is 0 Å². The molecule has 2 aliphatic rings. The van der Waals surface area contributed by atoms with E-state index in [9.17, 15) is 4.79 Å². The molecule has 2 aliphatic heterocycles. The largest absolute Gasteiger partial charge is 0.462 e. The van der Waals surface area contributed by atoms with Crippen LogP contribution in [0.15, 0.2) is 12.1 Å². The molecule has 0 saturated carbocycles. The minimum absolute atomic E-state index is 0.154. The minimum atomic E-state index is -0.154. The van der Waals surface area contributed by atoms with Crippen molar-refractivity contribution in [3.8, 4) is 0 Å². The van der Waals surface area contributed by atoms with Gasteiger partial charge in [0.15, 0.2) is 0 Å². The highest BCUT2D eigenvalue weighted by Gasteiger charge is 2.33. The zero-order valence-corrected chi connectivity index (χ0v) is 14.7. The molecule has 0 bridgehead atoms. The number of hydrogen-bond acceptors (Lipinski definition) is 3. The number of aryl methyl sites for hydroxylation is 3. The lowest BCUT2D eigenvalue weighted by Gasteiger charge is -2.44. The SMILES string of the molecule is Cc1cc(C)c(C(=O)OCC2CCCN3CCCCC23)cc1C. The fraction of sp³-hybridized carbons (Fsp3) is 0.650. The fourth-order valence-electron chi connectivity index (χ4n) is 4.21. The van der Waals surface area contributed by atoms with Crippen LogP contribution in [0.4, 0.5) is 0 Å². The zero-order valence-electron chi connectivity index (χ0n) is 14.7. The molecule has 23 heavy (non-hydrogen) atoms. The van der Waals surface area contributed by atoms with Crippen LogP contribution in [0.3, 0.4) is 0 Å². The van der Waals surface area contributed by atoms with Gasteiger partial charge in [-0.25, -0.2) is 4.79 Å². The first-order valence-corrected chi connectivity index (χ1v) is 9.05. The van der Waals surface area contributed by atoms with Crippen molar-refractivity contribution in [2.75, 3.05) is 19.7 Å². The first kappa shape index (κ1) is 16.5. The standard InChI is InChI=1S/C20H29NO2/c1-14-11-16(3)18(12-15(14)2)20(22)23-13-17-7-6-10-21-9-5-4-8-19(17)21/h11-12,17,19H,4-10,13H2,1-3H3. The third kappa shape index (κ3) is 3.60. The molecule has 0 amide bonds. The highest BCUT2D eigenvalue weighted by Crippen LogP contribution is 2.31. The number of nitrogens with zero attached hydrogens (tertiary/aromatic N) is 1. The molecule has 2 heterocycles. The predicted octanol–water partition coefficient (Wildman–Crippen LogP) is 4.03. The average Bonchev–Trinajstić information content (AvgIpc) is 2.56. The Hall–Kier alpha value is -1.35. The lowest BCUT2D eigenvalue weighted by atomic mass is 9.84. The topological polar surface area (TPSA) is 29.5 Å². The molecule has 0 spiro atoms. The van der Waals surface area contributed by atoms with Crippen LogP contribution in [0.2, 0.25) is 0 Å². The molecule has 0 N–H and O–H groups in total. The van der Waals surface area contributed by atoms with Gasteiger partial charge in [0.05, 0.1) is 12.2 Å². The van der Waals surface area contributed by atoms with Crippen LogP contribution in [0.1, 0.15) is 59.2 Å². The summed E-state index contributed by atoms with van der Waals surface area (Å²) in [6, 6.07) is 4.68. The molecule has 2 fully saturated rings. The van der Waals surface area contributed by atoms with Gasteiger partial charge in [0, 0.05) is 12.0 Å². The number of benzene rings is 1. The van der Waals surface area contributed by atoms with E-state index in [0.29, 0.717) is 18.6 Å². The number of piperidine rings is 2. The first-order valence-electron chi connectivity index (χ1n) is 9.05. The van der Waals surface area contributed by atoms with Crippen molar-refractivity contribution in [1.82, 2.24) is 4.90 Å². The van der Waals surface area contributed by atoms with Gasteiger partial charge in [-0.05, 0) is 82.3 Å². The molecular formula is C20H29NO2. The highest BCUT2D eigenvalue weighted by molar-refractivity contribution is 5.91. The molecule has 2 unspecified atom stereocenters. The minimum Gasteiger partial charge on any atom is -0.462 e. The van der Waals surface area contributed by atoms with E-state index in [2.05, 4.69) is 17.9 Å². The van der Waals surface area contributed by atoms with E-state index in [0.717, 1.165) is 16.7 Å². The Morgan fingerprint density at radius 3 is 2.61 bits per heavy atom. The number of fused-ring (bicyclic) bond motifs is 1. The molecule has 1 aromatic rings. The molecule has 0 aromatic heterocycles. The van der Waals surface area contributed by atoms with Gasteiger partial charge in [-0.15, -0.1) is 0 Å². The Morgan fingerprint density at radius 1 is 1.04 bits per heavy atom. The van der Waals surface area contributed by atoms with E-state index in [1.165, 1.54) is 50.8 Å². The normalized spacial score (nSPS) is 25.0. The second-order valence-electron chi connectivity index (χ2n) is 7.35. The van der Waals surface area contributed by atoms with Gasteiger partial charge < -0.3 is 4.74 Å². The summed E-state index contributed by atoms with van der Waals surface area (Å²) < 4.78 is 5.73. The number of carbonyl (C=O) groups excluding carboxylic acids is 1. The molecular weight excluding hydrogens is 286 g/mol. The summed E-state index contributed by atoms with van der Waals surface area (Å²) >= 11 is 0. The van der Waals surface area contributed by atoms with Crippen molar-refractivity contribution in [2.24, 2.45) is 5.92 Å². The van der Waals surface area contributed by atoms with Crippen molar-refractivity contribution < 1.29 is 9.53 Å². The second-order valence-corrected chi connectivity index (χ2v) is 7.35. The Balaban J connectivity index is 1.63. The van der Waals surface area contributed by atoms with Crippen LogP contribution in [-0.4, -0.2) is 36.6 Å². The predicted molar refractivity (Wildman–Crippen MR) is 92.9 cm³/mol. The maximum absolute atomic E-state index is 12.5. The first-order chi connectivity index (χ1) is 11.1. The summed E-state index contributed by atoms with van der Waals surface area (Å²) in [7, 11) is 0. The van der Waals surface area contributed by atoms with Gasteiger partial charge in [-0.3, -0.25) is 4.90 Å². The molecule has 2 saturated heterocycles. The summed E-state index contributed by atoms with van der Waals surface area (Å²) in [5, 5.41) is 0. The van der Waals surface area contributed by atoms with Crippen LogP contribution < -0.4 is 0 Å². The number of hydrogen-bond donors (Lipinski definition) is 0. The van der Waals surface area contributed by atoms with Crippen molar-refractivity contribution in [3.05, 3.63) is 34.4 Å². The second kappa shape index (κ2) is 7.04. The number of ether oxygens (including phenoxy) is 1. The Bertz CT molecular complexity index is 579. The van der Waals surface area contributed by atoms with Crippen LogP contribution in [0.25, 0.3) is 0 Å². The van der Waals surface area contributed by atoms with Crippen molar-refractivity contribution in [2.45, 2.75) is 58.9 Å². The smallest absolute Gasteiger partial charge is 0.338 e. The summed E-state index contributed by atoms with van der Waals surface area (Å²) in [5.41, 5.74) is 4.12. The average molecular weight is 315 g/mol. The van der Waals surface area contributed by atoms with Crippen LogP contribution in [0, 0.1) is 26.7 Å². The molecule has 3 heteroatoms. The maximum Gasteiger partial charge on any atom is 0.338 e. The van der Waals surface area contributed by atoms with E-state index < -0.39 is 0 Å². The Morgan fingerprint density at radius 2 is 1.78 bits per heavy atom.